The van der Waals surface area contributed by atoms with Crippen LogP contribution in [0.1, 0.15) is 27.2 Å². The van der Waals surface area contributed by atoms with Gasteiger partial charge in [0, 0.05) is 12.5 Å². The fraction of sp³-hybridized carbons (Fsp3) is 1.00. The molecule has 1 aliphatic heterocycles. The summed E-state index contributed by atoms with van der Waals surface area (Å²) in [5.74, 6) is 0.308. The van der Waals surface area contributed by atoms with E-state index < -0.39 is 5.79 Å². The van der Waals surface area contributed by atoms with Gasteiger partial charge >= 0.3 is 0 Å². The molecule has 3 nitrogen and oxygen atoms in total. The Kier molecular flexibility index (Phi) is 2.13. The van der Waals surface area contributed by atoms with Crippen molar-refractivity contribution in [2.45, 2.75) is 45.2 Å². The molecule has 0 radical (unpaired) electrons. The highest BCUT2D eigenvalue weighted by molar-refractivity contribution is 4.96. The highest BCUT2D eigenvalue weighted by atomic mass is 16.8. The highest BCUT2D eigenvalue weighted by Crippen LogP contribution is 2.44. The molecular formula is C10H18O3. The van der Waals surface area contributed by atoms with Gasteiger partial charge in [-0.25, -0.2) is 0 Å². The summed E-state index contributed by atoms with van der Waals surface area (Å²) in [6.45, 7) is 6.25. The molecule has 0 bridgehead atoms. The smallest absolute Gasteiger partial charge is 0.163 e. The average molecular weight is 186 g/mol. The third-order valence-electron chi connectivity index (χ3n) is 3.10. The molecule has 0 aromatic rings. The lowest BCUT2D eigenvalue weighted by atomic mass is 10.1. The molecule has 4 unspecified atom stereocenters. The van der Waals surface area contributed by atoms with Crippen LogP contribution in [-0.4, -0.2) is 29.7 Å². The zero-order chi connectivity index (χ0) is 9.64. The van der Waals surface area contributed by atoms with E-state index in [0.29, 0.717) is 5.92 Å². The first-order valence-corrected chi connectivity index (χ1v) is 5.00. The van der Waals surface area contributed by atoms with Gasteiger partial charge in [-0.05, 0) is 26.2 Å². The summed E-state index contributed by atoms with van der Waals surface area (Å²) < 4.78 is 11.5. The van der Waals surface area contributed by atoms with E-state index in [1.54, 1.807) is 0 Å². The second kappa shape index (κ2) is 2.94. The van der Waals surface area contributed by atoms with Gasteiger partial charge in [0.15, 0.2) is 5.79 Å². The van der Waals surface area contributed by atoms with Crippen LogP contribution in [0.2, 0.25) is 0 Å². The van der Waals surface area contributed by atoms with Crippen LogP contribution in [0.3, 0.4) is 0 Å². The zero-order valence-corrected chi connectivity index (χ0v) is 8.49. The quantitative estimate of drug-likeness (QED) is 0.667. The first kappa shape index (κ1) is 9.44. The molecular weight excluding hydrogens is 168 g/mol. The molecule has 1 saturated heterocycles. The van der Waals surface area contributed by atoms with Crippen molar-refractivity contribution < 1.29 is 14.6 Å². The summed E-state index contributed by atoms with van der Waals surface area (Å²) in [7, 11) is 0. The summed E-state index contributed by atoms with van der Waals surface area (Å²) >= 11 is 0. The molecule has 2 aliphatic rings. The molecule has 0 amide bonds. The van der Waals surface area contributed by atoms with Gasteiger partial charge in [0.1, 0.15) is 0 Å². The second-order valence-electron chi connectivity index (χ2n) is 4.72. The lowest BCUT2D eigenvalue weighted by molar-refractivity contribution is -0.162. The Labute approximate surface area is 79.0 Å². The first-order chi connectivity index (χ1) is 6.03. The topological polar surface area (TPSA) is 38.7 Å². The lowest BCUT2D eigenvalue weighted by Crippen LogP contribution is -2.26. The van der Waals surface area contributed by atoms with Crippen LogP contribution in [-0.2, 0) is 9.47 Å². The first-order valence-electron chi connectivity index (χ1n) is 5.00. The molecule has 0 aromatic heterocycles. The average Bonchev–Trinajstić information content (AvgIpc) is 2.47. The van der Waals surface area contributed by atoms with E-state index in [4.69, 9.17) is 14.6 Å². The maximum atomic E-state index is 9.17. The monoisotopic (exact) mass is 186 g/mol. The van der Waals surface area contributed by atoms with E-state index in [-0.39, 0.29) is 24.7 Å². The Morgan fingerprint density at radius 2 is 1.92 bits per heavy atom. The minimum Gasteiger partial charge on any atom is -0.396 e. The third kappa shape index (κ3) is 1.49. The van der Waals surface area contributed by atoms with Gasteiger partial charge < -0.3 is 14.6 Å². The lowest BCUT2D eigenvalue weighted by Gasteiger charge is -2.21. The van der Waals surface area contributed by atoms with E-state index in [2.05, 4.69) is 6.92 Å². The summed E-state index contributed by atoms with van der Waals surface area (Å²) in [6, 6.07) is 0. The Bertz CT molecular complexity index is 202. The fourth-order valence-electron chi connectivity index (χ4n) is 2.55. The summed E-state index contributed by atoms with van der Waals surface area (Å²) in [4.78, 5) is 0. The van der Waals surface area contributed by atoms with Crippen molar-refractivity contribution in [3.8, 4) is 0 Å². The van der Waals surface area contributed by atoms with Crippen molar-refractivity contribution >= 4 is 0 Å². The fourth-order valence-corrected chi connectivity index (χ4v) is 2.55. The van der Waals surface area contributed by atoms with Gasteiger partial charge in [-0.1, -0.05) is 6.92 Å². The van der Waals surface area contributed by atoms with Gasteiger partial charge in [-0.15, -0.1) is 0 Å². The maximum Gasteiger partial charge on any atom is 0.163 e. The molecule has 1 aliphatic carbocycles. The van der Waals surface area contributed by atoms with Gasteiger partial charge in [0.05, 0.1) is 12.2 Å². The van der Waals surface area contributed by atoms with Gasteiger partial charge in [0.25, 0.3) is 0 Å². The molecule has 0 aromatic carbocycles. The number of hydrogen-bond donors (Lipinski definition) is 1. The molecule has 3 heteroatoms. The Balaban J connectivity index is 2.12. The molecule has 1 heterocycles. The number of ether oxygens (including phenoxy) is 2. The SMILES string of the molecule is CC1CC(CO)C2OC(C)(C)OC12. The van der Waals surface area contributed by atoms with E-state index >= 15 is 0 Å². The molecule has 4 atom stereocenters. The Morgan fingerprint density at radius 3 is 2.54 bits per heavy atom. The molecule has 1 saturated carbocycles. The van der Waals surface area contributed by atoms with Crippen LogP contribution in [0.4, 0.5) is 0 Å². The van der Waals surface area contributed by atoms with E-state index in [1.165, 1.54) is 0 Å². The van der Waals surface area contributed by atoms with Crippen LogP contribution in [0.5, 0.6) is 0 Å². The summed E-state index contributed by atoms with van der Waals surface area (Å²) in [6.07, 6.45) is 1.31. The van der Waals surface area contributed by atoms with Gasteiger partial charge in [-0.2, -0.15) is 0 Å². The molecule has 0 spiro atoms. The van der Waals surface area contributed by atoms with Crippen molar-refractivity contribution in [1.29, 1.82) is 0 Å². The molecule has 2 rings (SSSR count). The number of hydrogen-bond acceptors (Lipinski definition) is 3. The molecule has 76 valence electrons. The predicted octanol–water partition coefficient (Wildman–Crippen LogP) is 1.15. The third-order valence-corrected chi connectivity index (χ3v) is 3.10. The Morgan fingerprint density at radius 1 is 1.31 bits per heavy atom. The van der Waals surface area contributed by atoms with E-state index in [0.717, 1.165) is 6.42 Å². The van der Waals surface area contributed by atoms with Crippen molar-refractivity contribution in [1.82, 2.24) is 0 Å². The number of aliphatic hydroxyl groups is 1. The molecule has 13 heavy (non-hydrogen) atoms. The van der Waals surface area contributed by atoms with Crippen molar-refractivity contribution in [2.24, 2.45) is 11.8 Å². The van der Waals surface area contributed by atoms with Gasteiger partial charge in [0.2, 0.25) is 0 Å². The molecule has 1 N–H and O–H groups in total. The minimum atomic E-state index is -0.461. The summed E-state index contributed by atoms with van der Waals surface area (Å²) in [5, 5.41) is 9.17. The minimum absolute atomic E-state index is 0.106. The van der Waals surface area contributed by atoms with Crippen LogP contribution in [0.25, 0.3) is 0 Å². The predicted molar refractivity (Wildman–Crippen MR) is 48.2 cm³/mol. The Hall–Kier alpha value is -0.120. The molecule has 2 fully saturated rings. The number of fused-ring (bicyclic) bond motifs is 1. The van der Waals surface area contributed by atoms with Crippen molar-refractivity contribution in [3.63, 3.8) is 0 Å². The number of rotatable bonds is 1. The van der Waals surface area contributed by atoms with Crippen LogP contribution < -0.4 is 0 Å². The normalized spacial score (nSPS) is 48.0. The standard InChI is InChI=1S/C10H18O3/c1-6-4-7(5-11)9-8(6)12-10(2,3)13-9/h6-9,11H,4-5H2,1-3H3. The highest BCUT2D eigenvalue weighted by Gasteiger charge is 2.51. The largest absolute Gasteiger partial charge is 0.396 e. The van der Waals surface area contributed by atoms with Crippen molar-refractivity contribution in [2.75, 3.05) is 6.61 Å². The van der Waals surface area contributed by atoms with Crippen LogP contribution >= 0.6 is 0 Å². The number of aliphatic hydroxyl groups excluding tert-OH is 1. The maximum absolute atomic E-state index is 9.17. The van der Waals surface area contributed by atoms with E-state index in [1.807, 2.05) is 13.8 Å². The summed E-state index contributed by atoms with van der Waals surface area (Å²) in [5.41, 5.74) is 0. The van der Waals surface area contributed by atoms with Crippen molar-refractivity contribution in [3.05, 3.63) is 0 Å². The van der Waals surface area contributed by atoms with Crippen LogP contribution in [0, 0.1) is 11.8 Å². The van der Waals surface area contributed by atoms with E-state index in [9.17, 15) is 0 Å². The van der Waals surface area contributed by atoms with Gasteiger partial charge in [-0.3, -0.25) is 0 Å². The second-order valence-corrected chi connectivity index (χ2v) is 4.72. The zero-order valence-electron chi connectivity index (χ0n) is 8.49. The van der Waals surface area contributed by atoms with Crippen LogP contribution in [0.15, 0.2) is 0 Å².